The number of benzene rings is 1. The van der Waals surface area contributed by atoms with Crippen LogP contribution in [0.3, 0.4) is 0 Å². The molecule has 4 aliphatic rings. The smallest absolute Gasteiger partial charge is 0.226 e. The Bertz CT molecular complexity index is 783. The van der Waals surface area contributed by atoms with E-state index in [1.807, 2.05) is 12.1 Å². The number of nitrogens with zero attached hydrogens (tertiary/aromatic N) is 2. The Kier molecular flexibility index (Phi) is 5.24. The Morgan fingerprint density at radius 1 is 0.900 bits per heavy atom. The molecule has 0 bridgehead atoms. The number of amides is 2. The molecule has 2 atom stereocenters. The second-order valence-electron chi connectivity index (χ2n) is 10.0. The van der Waals surface area contributed by atoms with Gasteiger partial charge in [-0.1, -0.05) is 18.6 Å². The molecule has 2 saturated heterocycles. The van der Waals surface area contributed by atoms with Crippen LogP contribution in [-0.4, -0.2) is 54.9 Å². The van der Waals surface area contributed by atoms with Gasteiger partial charge in [0.05, 0.1) is 7.11 Å². The lowest BCUT2D eigenvalue weighted by Crippen LogP contribution is -2.51. The highest BCUT2D eigenvalue weighted by atomic mass is 16.5. The minimum absolute atomic E-state index is 0.161. The Hall–Kier alpha value is -2.04. The van der Waals surface area contributed by atoms with Gasteiger partial charge in [0.1, 0.15) is 5.75 Å². The van der Waals surface area contributed by atoms with Crippen molar-refractivity contribution in [2.75, 3.05) is 33.3 Å². The van der Waals surface area contributed by atoms with Crippen molar-refractivity contribution in [3.63, 3.8) is 0 Å². The zero-order chi connectivity index (χ0) is 20.7. The van der Waals surface area contributed by atoms with Gasteiger partial charge in [0.25, 0.3) is 0 Å². The van der Waals surface area contributed by atoms with Gasteiger partial charge >= 0.3 is 0 Å². The summed E-state index contributed by atoms with van der Waals surface area (Å²) in [5.74, 6) is 2.47. The molecule has 1 spiro atoms. The molecule has 5 heteroatoms. The van der Waals surface area contributed by atoms with Crippen LogP contribution in [0.2, 0.25) is 0 Å². The first kappa shape index (κ1) is 19.9. The molecule has 30 heavy (non-hydrogen) atoms. The lowest BCUT2D eigenvalue weighted by molar-refractivity contribution is -0.141. The molecule has 1 aromatic carbocycles. The molecule has 5 rings (SSSR count). The molecule has 2 heterocycles. The molecule has 2 aliphatic carbocycles. The Balaban J connectivity index is 1.10. The highest BCUT2D eigenvalue weighted by Gasteiger charge is 2.48. The molecule has 0 aromatic heterocycles. The van der Waals surface area contributed by atoms with Crippen molar-refractivity contribution in [2.24, 2.45) is 17.3 Å². The number of hydrogen-bond donors (Lipinski definition) is 0. The number of rotatable bonds is 4. The van der Waals surface area contributed by atoms with Crippen molar-refractivity contribution in [1.82, 2.24) is 9.80 Å². The van der Waals surface area contributed by atoms with Gasteiger partial charge in [-0.05, 0) is 74.0 Å². The molecule has 2 saturated carbocycles. The summed E-state index contributed by atoms with van der Waals surface area (Å²) in [6.45, 7) is 3.62. The maximum atomic E-state index is 13.0. The van der Waals surface area contributed by atoms with Crippen molar-refractivity contribution >= 4 is 11.8 Å². The molecule has 0 N–H and O–H groups in total. The largest absolute Gasteiger partial charge is 0.497 e. The summed E-state index contributed by atoms with van der Waals surface area (Å²) in [5, 5.41) is 0. The average Bonchev–Trinajstić information content (AvgIpc) is 3.54. The maximum Gasteiger partial charge on any atom is 0.226 e. The van der Waals surface area contributed by atoms with Gasteiger partial charge in [-0.3, -0.25) is 9.59 Å². The third kappa shape index (κ3) is 3.72. The van der Waals surface area contributed by atoms with Crippen molar-refractivity contribution < 1.29 is 14.3 Å². The second-order valence-corrected chi connectivity index (χ2v) is 10.0. The molecule has 5 nitrogen and oxygen atoms in total. The number of carbonyl (C=O) groups excluding carboxylic acids is 2. The van der Waals surface area contributed by atoms with Crippen molar-refractivity contribution in [2.45, 2.75) is 57.3 Å². The van der Waals surface area contributed by atoms with E-state index in [0.717, 1.165) is 76.9 Å². The molecule has 2 aliphatic heterocycles. The van der Waals surface area contributed by atoms with Gasteiger partial charge in [0.2, 0.25) is 11.8 Å². The summed E-state index contributed by atoms with van der Waals surface area (Å²) < 4.78 is 5.24. The SMILES string of the molecule is COc1ccc([C@@H]2C[C@H]2C(=O)N2CCC3(CCN(C(=O)C4CCC4)CC3)CC2)cc1. The van der Waals surface area contributed by atoms with Crippen LogP contribution in [0.4, 0.5) is 0 Å². The summed E-state index contributed by atoms with van der Waals surface area (Å²) >= 11 is 0. The van der Waals surface area contributed by atoms with Crippen molar-refractivity contribution in [1.29, 1.82) is 0 Å². The van der Waals surface area contributed by atoms with E-state index in [0.29, 0.717) is 29.1 Å². The molecule has 1 aromatic rings. The summed E-state index contributed by atoms with van der Waals surface area (Å²) in [6, 6.07) is 8.17. The topological polar surface area (TPSA) is 49.9 Å². The summed E-state index contributed by atoms with van der Waals surface area (Å²) in [5.41, 5.74) is 1.61. The van der Waals surface area contributed by atoms with Gasteiger partial charge < -0.3 is 14.5 Å². The van der Waals surface area contributed by atoms with E-state index in [1.54, 1.807) is 7.11 Å². The number of ether oxygens (including phenoxy) is 1. The van der Waals surface area contributed by atoms with Gasteiger partial charge in [0.15, 0.2) is 0 Å². The predicted octanol–water partition coefficient (Wildman–Crippen LogP) is 3.83. The van der Waals surface area contributed by atoms with Crippen LogP contribution < -0.4 is 4.74 Å². The summed E-state index contributed by atoms with van der Waals surface area (Å²) in [4.78, 5) is 29.8. The monoisotopic (exact) mass is 410 g/mol. The van der Waals surface area contributed by atoms with Gasteiger partial charge in [-0.25, -0.2) is 0 Å². The molecule has 0 radical (unpaired) electrons. The van der Waals surface area contributed by atoms with Gasteiger partial charge in [-0.2, -0.15) is 0 Å². The third-order valence-corrected chi connectivity index (χ3v) is 8.38. The Morgan fingerprint density at radius 2 is 1.47 bits per heavy atom. The number of piperidine rings is 2. The van der Waals surface area contributed by atoms with Crippen molar-refractivity contribution in [3.8, 4) is 5.75 Å². The second kappa shape index (κ2) is 7.90. The highest BCUT2D eigenvalue weighted by Crippen LogP contribution is 2.50. The zero-order valence-electron chi connectivity index (χ0n) is 18.1. The average molecular weight is 411 g/mol. The van der Waals surface area contributed by atoms with E-state index < -0.39 is 0 Å². The lowest BCUT2D eigenvalue weighted by atomic mass is 9.71. The molecule has 0 unspecified atom stereocenters. The number of likely N-dealkylation sites (tertiary alicyclic amines) is 2. The van der Waals surface area contributed by atoms with E-state index in [9.17, 15) is 9.59 Å². The van der Waals surface area contributed by atoms with E-state index in [2.05, 4.69) is 21.9 Å². The molecular formula is C25H34N2O3. The molecule has 4 fully saturated rings. The van der Waals surface area contributed by atoms with Crippen LogP contribution in [0.15, 0.2) is 24.3 Å². The highest BCUT2D eigenvalue weighted by molar-refractivity contribution is 5.83. The van der Waals surface area contributed by atoms with E-state index in [1.165, 1.54) is 12.0 Å². The first-order valence-electron chi connectivity index (χ1n) is 11.8. The number of carbonyl (C=O) groups is 2. The Labute approximate surface area is 179 Å². The maximum absolute atomic E-state index is 13.0. The van der Waals surface area contributed by atoms with Crippen LogP contribution in [0.1, 0.15) is 62.8 Å². The van der Waals surface area contributed by atoms with E-state index in [4.69, 9.17) is 4.74 Å². The van der Waals surface area contributed by atoms with Crippen LogP contribution in [0.25, 0.3) is 0 Å². The quantitative estimate of drug-likeness (QED) is 0.758. The standard InChI is InChI=1S/C25H34N2O3/c1-30-20-7-5-18(6-8-20)21-17-22(21)24(29)27-15-11-25(12-16-27)9-13-26(14-10-25)23(28)19-3-2-4-19/h5-8,19,21-22H,2-4,9-17H2,1H3/t21-,22+/m0/s1. The first-order chi connectivity index (χ1) is 14.6. The molecular weight excluding hydrogens is 376 g/mol. The lowest BCUT2D eigenvalue weighted by Gasteiger charge is -2.47. The third-order valence-electron chi connectivity index (χ3n) is 8.38. The fourth-order valence-electron chi connectivity index (χ4n) is 5.74. The van der Waals surface area contributed by atoms with Gasteiger partial charge in [0, 0.05) is 38.0 Å². The van der Waals surface area contributed by atoms with Crippen LogP contribution in [-0.2, 0) is 9.59 Å². The van der Waals surface area contributed by atoms with Crippen LogP contribution >= 0.6 is 0 Å². The Morgan fingerprint density at radius 3 is 1.97 bits per heavy atom. The fraction of sp³-hybridized carbons (Fsp3) is 0.680. The van der Waals surface area contributed by atoms with Crippen molar-refractivity contribution in [3.05, 3.63) is 29.8 Å². The van der Waals surface area contributed by atoms with Crippen LogP contribution in [0.5, 0.6) is 5.75 Å². The minimum atomic E-state index is 0.161. The normalized spacial score (nSPS) is 28.2. The zero-order valence-corrected chi connectivity index (χ0v) is 18.1. The van der Waals surface area contributed by atoms with Crippen LogP contribution in [0, 0.1) is 17.3 Å². The first-order valence-corrected chi connectivity index (χ1v) is 11.8. The molecule has 162 valence electrons. The minimum Gasteiger partial charge on any atom is -0.497 e. The van der Waals surface area contributed by atoms with Gasteiger partial charge in [-0.15, -0.1) is 0 Å². The molecule has 2 amide bonds. The number of hydrogen-bond acceptors (Lipinski definition) is 3. The fourth-order valence-corrected chi connectivity index (χ4v) is 5.74. The summed E-state index contributed by atoms with van der Waals surface area (Å²) in [7, 11) is 1.68. The van der Waals surface area contributed by atoms with E-state index >= 15 is 0 Å². The number of methoxy groups -OCH3 is 1. The van der Waals surface area contributed by atoms with E-state index in [-0.39, 0.29) is 5.92 Å². The summed E-state index contributed by atoms with van der Waals surface area (Å²) in [6.07, 6.45) is 8.82. The predicted molar refractivity (Wildman–Crippen MR) is 115 cm³/mol.